The Morgan fingerprint density at radius 1 is 1.38 bits per heavy atom. The highest BCUT2D eigenvalue weighted by atomic mass is 16.6. The summed E-state index contributed by atoms with van der Waals surface area (Å²) in [5.74, 6) is 0.303. The van der Waals surface area contributed by atoms with E-state index in [0.717, 1.165) is 6.54 Å². The second-order valence-corrected chi connectivity index (χ2v) is 5.26. The summed E-state index contributed by atoms with van der Waals surface area (Å²) in [6, 6.07) is 7.67. The zero-order valence-electron chi connectivity index (χ0n) is 12.3. The summed E-state index contributed by atoms with van der Waals surface area (Å²) >= 11 is 0. The second-order valence-electron chi connectivity index (χ2n) is 5.26. The number of nitro benzene ring substituents is 1. The highest BCUT2D eigenvalue weighted by Gasteiger charge is 2.15. The molecule has 0 saturated heterocycles. The number of carbonyl (C=O) groups excluding carboxylic acids is 1. The van der Waals surface area contributed by atoms with Crippen molar-refractivity contribution in [3.05, 3.63) is 39.9 Å². The summed E-state index contributed by atoms with van der Waals surface area (Å²) in [5, 5.41) is 19.2. The number of non-ortho nitro benzene ring substituents is 1. The van der Waals surface area contributed by atoms with Crippen LogP contribution < -0.4 is 0 Å². The Morgan fingerprint density at radius 2 is 2.00 bits per heavy atom. The van der Waals surface area contributed by atoms with Gasteiger partial charge in [0.25, 0.3) is 5.69 Å². The van der Waals surface area contributed by atoms with Crippen molar-refractivity contribution in [2.24, 2.45) is 5.92 Å². The van der Waals surface area contributed by atoms with E-state index in [4.69, 9.17) is 5.26 Å². The van der Waals surface area contributed by atoms with E-state index in [2.05, 4.69) is 19.9 Å². The molecule has 0 unspecified atom stereocenters. The van der Waals surface area contributed by atoms with Crippen molar-refractivity contribution in [2.45, 2.75) is 20.3 Å². The number of ketones is 1. The number of benzene rings is 1. The van der Waals surface area contributed by atoms with Gasteiger partial charge in [-0.1, -0.05) is 13.8 Å². The van der Waals surface area contributed by atoms with Crippen LogP contribution in [0.1, 0.15) is 30.6 Å². The van der Waals surface area contributed by atoms with Crippen LogP contribution in [0, 0.1) is 27.4 Å². The molecule has 0 heterocycles. The molecule has 0 aliphatic rings. The third-order valence-corrected chi connectivity index (χ3v) is 2.93. The molecule has 21 heavy (non-hydrogen) atoms. The van der Waals surface area contributed by atoms with Crippen molar-refractivity contribution in [3.63, 3.8) is 0 Å². The monoisotopic (exact) mass is 289 g/mol. The van der Waals surface area contributed by atoms with Gasteiger partial charge in [-0.2, -0.15) is 5.26 Å². The molecule has 0 amide bonds. The molecule has 0 bridgehead atoms. The van der Waals surface area contributed by atoms with E-state index in [1.165, 1.54) is 24.3 Å². The summed E-state index contributed by atoms with van der Waals surface area (Å²) in [5.41, 5.74) is 0.418. The third kappa shape index (κ3) is 5.71. The summed E-state index contributed by atoms with van der Waals surface area (Å²) in [7, 11) is 0. The molecule has 0 spiro atoms. The minimum Gasteiger partial charge on any atom is -0.295 e. The van der Waals surface area contributed by atoms with Gasteiger partial charge in [-0.15, -0.1) is 0 Å². The number of rotatable bonds is 8. The van der Waals surface area contributed by atoms with Crippen LogP contribution >= 0.6 is 0 Å². The van der Waals surface area contributed by atoms with Gasteiger partial charge in [-0.05, 0) is 18.1 Å². The Morgan fingerprint density at radius 3 is 2.48 bits per heavy atom. The average Bonchev–Trinajstić information content (AvgIpc) is 2.44. The minimum absolute atomic E-state index is 0.0323. The summed E-state index contributed by atoms with van der Waals surface area (Å²) in [6.45, 7) is 5.61. The van der Waals surface area contributed by atoms with E-state index >= 15 is 0 Å². The zero-order chi connectivity index (χ0) is 15.8. The number of hydrogen-bond acceptors (Lipinski definition) is 5. The first-order valence-corrected chi connectivity index (χ1v) is 6.81. The maximum atomic E-state index is 12.2. The van der Waals surface area contributed by atoms with Gasteiger partial charge in [0, 0.05) is 37.2 Å². The predicted octanol–water partition coefficient (Wildman–Crippen LogP) is 2.65. The molecule has 1 aromatic carbocycles. The van der Waals surface area contributed by atoms with Crippen molar-refractivity contribution >= 4 is 11.5 Å². The Balaban J connectivity index is 2.71. The average molecular weight is 289 g/mol. The van der Waals surface area contributed by atoms with E-state index in [0.29, 0.717) is 24.4 Å². The number of carbonyl (C=O) groups is 1. The zero-order valence-corrected chi connectivity index (χ0v) is 12.3. The number of nitrogens with zero attached hydrogens (tertiary/aromatic N) is 3. The van der Waals surface area contributed by atoms with Crippen LogP contribution in [0.5, 0.6) is 0 Å². The lowest BCUT2D eigenvalue weighted by molar-refractivity contribution is -0.384. The molecular weight excluding hydrogens is 270 g/mol. The van der Waals surface area contributed by atoms with Gasteiger partial charge in [0.1, 0.15) is 0 Å². The van der Waals surface area contributed by atoms with Gasteiger partial charge in [0.05, 0.1) is 17.5 Å². The first-order valence-electron chi connectivity index (χ1n) is 6.81. The Bertz CT molecular complexity index is 532. The normalized spacial score (nSPS) is 10.6. The van der Waals surface area contributed by atoms with Crippen LogP contribution in [0.4, 0.5) is 5.69 Å². The molecule has 112 valence electrons. The molecule has 0 saturated carbocycles. The summed E-state index contributed by atoms with van der Waals surface area (Å²) < 4.78 is 0. The molecule has 0 fully saturated rings. The molecule has 1 rings (SSSR count). The number of hydrogen-bond donors (Lipinski definition) is 0. The molecule has 0 aromatic heterocycles. The second kappa shape index (κ2) is 8.12. The topological polar surface area (TPSA) is 87.2 Å². The minimum atomic E-state index is -0.494. The van der Waals surface area contributed by atoms with E-state index in [-0.39, 0.29) is 18.0 Å². The van der Waals surface area contributed by atoms with E-state index < -0.39 is 4.92 Å². The first-order chi connectivity index (χ1) is 9.93. The lowest BCUT2D eigenvalue weighted by Crippen LogP contribution is -2.33. The van der Waals surface area contributed by atoms with Crippen LogP contribution in [0.25, 0.3) is 0 Å². The van der Waals surface area contributed by atoms with Gasteiger partial charge in [0.2, 0.25) is 0 Å². The fourth-order valence-electron chi connectivity index (χ4n) is 2.02. The van der Waals surface area contributed by atoms with Gasteiger partial charge in [-0.3, -0.25) is 19.8 Å². The molecule has 0 N–H and O–H groups in total. The van der Waals surface area contributed by atoms with E-state index in [9.17, 15) is 14.9 Å². The largest absolute Gasteiger partial charge is 0.295 e. The molecule has 0 aliphatic heterocycles. The first kappa shape index (κ1) is 16.8. The lowest BCUT2D eigenvalue weighted by atomic mass is 10.1. The quantitative estimate of drug-likeness (QED) is 0.417. The van der Waals surface area contributed by atoms with Gasteiger partial charge in [-0.25, -0.2) is 0 Å². The van der Waals surface area contributed by atoms with E-state index in [1.54, 1.807) is 0 Å². The molecule has 0 radical (unpaired) electrons. The van der Waals surface area contributed by atoms with Crippen LogP contribution in [0.3, 0.4) is 0 Å². The number of nitriles is 1. The fraction of sp³-hybridized carbons (Fsp3) is 0.467. The molecule has 6 heteroatoms. The molecule has 0 aliphatic carbocycles. The van der Waals surface area contributed by atoms with Crippen LogP contribution in [0.15, 0.2) is 24.3 Å². The molecule has 0 atom stereocenters. The van der Waals surface area contributed by atoms with Gasteiger partial charge < -0.3 is 0 Å². The molecule has 1 aromatic rings. The third-order valence-electron chi connectivity index (χ3n) is 2.93. The highest BCUT2D eigenvalue weighted by molar-refractivity contribution is 5.97. The van der Waals surface area contributed by atoms with Gasteiger partial charge >= 0.3 is 0 Å². The van der Waals surface area contributed by atoms with Crippen molar-refractivity contribution in [1.82, 2.24) is 4.90 Å². The Kier molecular flexibility index (Phi) is 6.50. The smallest absolute Gasteiger partial charge is 0.269 e. The number of nitro groups is 1. The van der Waals surface area contributed by atoms with Crippen LogP contribution in [-0.2, 0) is 0 Å². The highest BCUT2D eigenvalue weighted by Crippen LogP contribution is 2.13. The fourth-order valence-corrected chi connectivity index (χ4v) is 2.02. The Hall–Kier alpha value is -2.26. The van der Waals surface area contributed by atoms with Crippen LogP contribution in [-0.4, -0.2) is 35.2 Å². The number of Topliss-reactive ketones (excluding diaryl/α,β-unsaturated/α-hetero) is 1. The summed E-state index contributed by atoms with van der Waals surface area (Å²) in [6.07, 6.45) is 0.375. The standard InChI is InChI=1S/C15H19N3O3/c1-12(2)10-17(9-3-8-16)11-15(19)13-4-6-14(7-5-13)18(20)21/h4-7,12H,3,9-11H2,1-2H3. The van der Waals surface area contributed by atoms with Crippen molar-refractivity contribution in [3.8, 4) is 6.07 Å². The SMILES string of the molecule is CC(C)CN(CCC#N)CC(=O)c1ccc([N+](=O)[O-])cc1. The van der Waals surface area contributed by atoms with Gasteiger partial charge in [0.15, 0.2) is 5.78 Å². The van der Waals surface area contributed by atoms with E-state index in [1.807, 2.05) is 4.90 Å². The predicted molar refractivity (Wildman–Crippen MR) is 78.9 cm³/mol. The van der Waals surface area contributed by atoms with Crippen molar-refractivity contribution in [2.75, 3.05) is 19.6 Å². The van der Waals surface area contributed by atoms with Crippen molar-refractivity contribution in [1.29, 1.82) is 5.26 Å². The molecular formula is C15H19N3O3. The maximum Gasteiger partial charge on any atom is 0.269 e. The van der Waals surface area contributed by atoms with Crippen molar-refractivity contribution < 1.29 is 9.72 Å². The van der Waals surface area contributed by atoms with Crippen LogP contribution in [0.2, 0.25) is 0 Å². The maximum absolute atomic E-state index is 12.2. The summed E-state index contributed by atoms with van der Waals surface area (Å²) in [4.78, 5) is 24.2. The lowest BCUT2D eigenvalue weighted by Gasteiger charge is -2.22. The Labute approximate surface area is 124 Å². The molecule has 6 nitrogen and oxygen atoms in total.